The Morgan fingerprint density at radius 3 is 2.76 bits per heavy atom. The number of nitrogens with one attached hydrogen (secondary N) is 1. The zero-order chi connectivity index (χ0) is 15.9. The summed E-state index contributed by atoms with van der Waals surface area (Å²) in [6.45, 7) is 4.80. The summed E-state index contributed by atoms with van der Waals surface area (Å²) in [4.78, 5) is 0. The lowest BCUT2D eigenvalue weighted by Crippen LogP contribution is -2.31. The molecule has 0 saturated heterocycles. The van der Waals surface area contributed by atoms with Crippen molar-refractivity contribution in [3.63, 3.8) is 0 Å². The highest BCUT2D eigenvalue weighted by atomic mass is 79.9. The first-order chi connectivity index (χ1) is 9.90. The topological polar surface area (TPSA) is 79.9 Å². The molecule has 0 amide bonds. The maximum absolute atomic E-state index is 8.74. The fourth-order valence-electron chi connectivity index (χ4n) is 2.00. The Labute approximate surface area is 134 Å². The second-order valence-electron chi connectivity index (χ2n) is 5.60. The number of anilines is 1. The number of nitrogens with two attached hydrogens (primary N) is 1. The molecule has 4 N–H and O–H groups in total. The molecule has 0 fully saturated rings. The van der Waals surface area contributed by atoms with Gasteiger partial charge in [-0.05, 0) is 31.0 Å². The number of hydrogen-bond donors (Lipinski definition) is 3. The highest BCUT2D eigenvalue weighted by molar-refractivity contribution is 9.10. The van der Waals surface area contributed by atoms with Crippen LogP contribution >= 0.6 is 15.9 Å². The molecular formula is C15H24BrN3O2. The van der Waals surface area contributed by atoms with Crippen LogP contribution in [0.25, 0.3) is 0 Å². The fourth-order valence-corrected chi connectivity index (χ4v) is 2.36. The van der Waals surface area contributed by atoms with Gasteiger partial charge in [-0.3, -0.25) is 0 Å². The first kappa shape index (κ1) is 17.6. The Bertz CT molecular complexity index is 490. The van der Waals surface area contributed by atoms with Crippen molar-refractivity contribution in [3.05, 3.63) is 22.7 Å². The predicted octanol–water partition coefficient (Wildman–Crippen LogP) is 3.81. The summed E-state index contributed by atoms with van der Waals surface area (Å²) in [5, 5.41) is 15.2. The first-order valence-electron chi connectivity index (χ1n) is 6.96. The van der Waals surface area contributed by atoms with Gasteiger partial charge in [0.05, 0.1) is 12.8 Å². The fraction of sp³-hybridized carbons (Fsp3) is 0.533. The number of methoxy groups -OCH3 is 1. The highest BCUT2D eigenvalue weighted by Gasteiger charge is 2.22. The van der Waals surface area contributed by atoms with Crippen LogP contribution in [-0.4, -0.2) is 24.7 Å². The van der Waals surface area contributed by atoms with Crippen LogP contribution in [0.5, 0.6) is 5.75 Å². The summed E-state index contributed by atoms with van der Waals surface area (Å²) in [6, 6.07) is 5.87. The van der Waals surface area contributed by atoms with Crippen molar-refractivity contribution in [2.45, 2.75) is 33.1 Å². The molecule has 0 radical (unpaired) electrons. The van der Waals surface area contributed by atoms with Crippen LogP contribution in [0.2, 0.25) is 0 Å². The van der Waals surface area contributed by atoms with E-state index in [1.807, 2.05) is 32.0 Å². The van der Waals surface area contributed by atoms with E-state index < -0.39 is 0 Å². The van der Waals surface area contributed by atoms with Gasteiger partial charge in [-0.2, -0.15) is 0 Å². The molecule has 6 heteroatoms. The number of nitrogens with zero attached hydrogens (tertiary/aromatic N) is 1. The number of oxime groups is 1. The molecule has 0 heterocycles. The zero-order valence-corrected chi connectivity index (χ0v) is 14.4. The average Bonchev–Trinajstić information content (AvgIpc) is 2.46. The maximum atomic E-state index is 8.74. The summed E-state index contributed by atoms with van der Waals surface area (Å²) in [5.41, 5.74) is 6.37. The van der Waals surface area contributed by atoms with Gasteiger partial charge in [0.2, 0.25) is 0 Å². The number of unbranched alkanes of at least 4 members (excludes halogenated alkanes) is 1. The third-order valence-corrected chi connectivity index (χ3v) is 4.00. The van der Waals surface area contributed by atoms with Crippen LogP contribution in [0.15, 0.2) is 27.8 Å². The Hall–Kier alpha value is -1.43. The number of rotatable bonds is 8. The molecule has 0 bridgehead atoms. The molecule has 0 aliphatic heterocycles. The summed E-state index contributed by atoms with van der Waals surface area (Å²) in [6.07, 6.45) is 2.87. The third-order valence-electron chi connectivity index (χ3n) is 3.51. The van der Waals surface area contributed by atoms with Gasteiger partial charge < -0.3 is 21.0 Å². The smallest absolute Gasteiger partial charge is 0.144 e. The molecule has 0 saturated carbocycles. The zero-order valence-electron chi connectivity index (χ0n) is 12.8. The number of amidine groups is 1. The second-order valence-corrected chi connectivity index (χ2v) is 6.51. The number of halogens is 1. The molecule has 0 aromatic heterocycles. The van der Waals surface area contributed by atoms with E-state index in [2.05, 4.69) is 26.4 Å². The molecule has 118 valence electrons. The van der Waals surface area contributed by atoms with Gasteiger partial charge >= 0.3 is 0 Å². The Kier molecular flexibility index (Phi) is 6.81. The lowest BCUT2D eigenvalue weighted by molar-refractivity contribution is 0.304. The molecule has 21 heavy (non-hydrogen) atoms. The van der Waals surface area contributed by atoms with E-state index in [4.69, 9.17) is 15.7 Å². The van der Waals surface area contributed by atoms with E-state index in [0.29, 0.717) is 0 Å². The average molecular weight is 358 g/mol. The molecule has 0 atom stereocenters. The van der Waals surface area contributed by atoms with Crippen molar-refractivity contribution >= 4 is 27.5 Å². The van der Waals surface area contributed by atoms with Gasteiger partial charge in [0.25, 0.3) is 0 Å². The number of ether oxygens (including phenoxy) is 1. The molecule has 0 aliphatic rings. The van der Waals surface area contributed by atoms with Crippen molar-refractivity contribution in [2.24, 2.45) is 16.3 Å². The van der Waals surface area contributed by atoms with E-state index in [1.165, 1.54) is 0 Å². The Morgan fingerprint density at radius 2 is 2.14 bits per heavy atom. The van der Waals surface area contributed by atoms with Crippen LogP contribution in [0.4, 0.5) is 5.69 Å². The lowest BCUT2D eigenvalue weighted by atomic mass is 9.86. The standard InChI is InChI=1S/C15H24BrN3O2/c1-15(2,14(17)19-20)8-4-5-9-18-12-10-11(16)6-7-13(12)21-3/h6-7,10,18,20H,4-5,8-9H2,1-3H3,(H2,17,19). The summed E-state index contributed by atoms with van der Waals surface area (Å²) in [5.74, 6) is 1.11. The number of benzene rings is 1. The van der Waals surface area contributed by atoms with Crippen molar-refractivity contribution in [1.82, 2.24) is 0 Å². The minimum atomic E-state index is -0.276. The SMILES string of the molecule is COc1ccc(Br)cc1NCCCCC(C)(C)/C(N)=N/O. The molecule has 1 aromatic rings. The predicted molar refractivity (Wildman–Crippen MR) is 90.2 cm³/mol. The minimum Gasteiger partial charge on any atom is -0.495 e. The van der Waals surface area contributed by atoms with Gasteiger partial charge in [-0.15, -0.1) is 0 Å². The van der Waals surface area contributed by atoms with E-state index in [9.17, 15) is 0 Å². The van der Waals surface area contributed by atoms with Gasteiger partial charge in [0.15, 0.2) is 0 Å². The van der Waals surface area contributed by atoms with E-state index in [-0.39, 0.29) is 11.3 Å². The third kappa shape index (κ3) is 5.46. The summed E-state index contributed by atoms with van der Waals surface area (Å²) in [7, 11) is 1.66. The van der Waals surface area contributed by atoms with Crippen molar-refractivity contribution in [1.29, 1.82) is 0 Å². The van der Waals surface area contributed by atoms with Crippen LogP contribution in [-0.2, 0) is 0 Å². The molecule has 0 spiro atoms. The first-order valence-corrected chi connectivity index (χ1v) is 7.75. The van der Waals surface area contributed by atoms with Crippen molar-refractivity contribution < 1.29 is 9.94 Å². The van der Waals surface area contributed by atoms with Crippen LogP contribution in [0.1, 0.15) is 33.1 Å². The highest BCUT2D eigenvalue weighted by Crippen LogP contribution is 2.28. The Balaban J connectivity index is 2.40. The largest absolute Gasteiger partial charge is 0.495 e. The van der Waals surface area contributed by atoms with Crippen LogP contribution < -0.4 is 15.8 Å². The van der Waals surface area contributed by atoms with Crippen LogP contribution in [0, 0.1) is 5.41 Å². The summed E-state index contributed by atoms with van der Waals surface area (Å²) >= 11 is 3.45. The molecular weight excluding hydrogens is 334 g/mol. The summed E-state index contributed by atoms with van der Waals surface area (Å²) < 4.78 is 6.33. The monoisotopic (exact) mass is 357 g/mol. The Morgan fingerprint density at radius 1 is 1.43 bits per heavy atom. The van der Waals surface area contributed by atoms with Gasteiger partial charge in [0.1, 0.15) is 11.6 Å². The van der Waals surface area contributed by atoms with E-state index >= 15 is 0 Å². The normalized spacial score (nSPS) is 12.3. The minimum absolute atomic E-state index is 0.276. The molecule has 1 rings (SSSR count). The van der Waals surface area contributed by atoms with Crippen molar-refractivity contribution in [3.8, 4) is 5.75 Å². The van der Waals surface area contributed by atoms with Crippen molar-refractivity contribution in [2.75, 3.05) is 19.0 Å². The molecule has 1 aromatic carbocycles. The second kappa shape index (κ2) is 8.12. The van der Waals surface area contributed by atoms with Gasteiger partial charge in [-0.1, -0.05) is 41.4 Å². The molecule has 0 aliphatic carbocycles. The van der Waals surface area contributed by atoms with Gasteiger partial charge in [-0.25, -0.2) is 0 Å². The molecule has 0 unspecified atom stereocenters. The quantitative estimate of drug-likeness (QED) is 0.217. The van der Waals surface area contributed by atoms with Gasteiger partial charge in [0, 0.05) is 16.4 Å². The molecule has 5 nitrogen and oxygen atoms in total. The lowest BCUT2D eigenvalue weighted by Gasteiger charge is -2.22. The number of hydrogen-bond acceptors (Lipinski definition) is 4. The van der Waals surface area contributed by atoms with Crippen LogP contribution in [0.3, 0.4) is 0 Å². The maximum Gasteiger partial charge on any atom is 0.144 e. The van der Waals surface area contributed by atoms with E-state index in [1.54, 1.807) is 7.11 Å². The van der Waals surface area contributed by atoms with E-state index in [0.717, 1.165) is 41.7 Å².